The van der Waals surface area contributed by atoms with Gasteiger partial charge in [0.15, 0.2) is 0 Å². The molecule has 0 fully saturated rings. The summed E-state index contributed by atoms with van der Waals surface area (Å²) in [6, 6.07) is 4.55. The van der Waals surface area contributed by atoms with E-state index in [4.69, 9.17) is 27.9 Å². The summed E-state index contributed by atoms with van der Waals surface area (Å²) in [6.07, 6.45) is 0.687. The van der Waals surface area contributed by atoms with Crippen LogP contribution in [0.2, 0.25) is 10.0 Å². The van der Waals surface area contributed by atoms with Gasteiger partial charge in [-0.15, -0.1) is 0 Å². The van der Waals surface area contributed by atoms with E-state index in [0.717, 1.165) is 0 Å². The molecule has 0 bridgehead atoms. The van der Waals surface area contributed by atoms with Crippen LogP contribution in [0.15, 0.2) is 18.2 Å². The van der Waals surface area contributed by atoms with Gasteiger partial charge >= 0.3 is 5.97 Å². The number of carbonyl (C=O) groups excluding carboxylic acids is 2. The summed E-state index contributed by atoms with van der Waals surface area (Å²) in [5.74, 6) is -0.966. The lowest BCUT2D eigenvalue weighted by Crippen LogP contribution is -2.35. The lowest BCUT2D eigenvalue weighted by atomic mass is 10.1. The van der Waals surface area contributed by atoms with Crippen molar-refractivity contribution in [3.05, 3.63) is 33.8 Å². The Morgan fingerprint density at radius 2 is 1.95 bits per heavy atom. The summed E-state index contributed by atoms with van der Waals surface area (Å²) in [4.78, 5) is 23.5. The van der Waals surface area contributed by atoms with Crippen molar-refractivity contribution in [1.29, 1.82) is 0 Å². The second-order valence-electron chi connectivity index (χ2n) is 4.89. The van der Waals surface area contributed by atoms with Gasteiger partial charge in [0.05, 0.1) is 10.6 Å². The zero-order valence-corrected chi connectivity index (χ0v) is 13.1. The van der Waals surface area contributed by atoms with Crippen molar-refractivity contribution >= 4 is 35.1 Å². The van der Waals surface area contributed by atoms with E-state index >= 15 is 0 Å². The largest absolute Gasteiger partial charge is 0.458 e. The van der Waals surface area contributed by atoms with Gasteiger partial charge in [-0.25, -0.2) is 0 Å². The Balaban J connectivity index is 2.60. The second kappa shape index (κ2) is 6.95. The van der Waals surface area contributed by atoms with Crippen LogP contribution in [0.4, 0.5) is 0 Å². The summed E-state index contributed by atoms with van der Waals surface area (Å²) in [5, 5.41) is 3.13. The lowest BCUT2D eigenvalue weighted by Gasteiger charge is -2.23. The van der Waals surface area contributed by atoms with Gasteiger partial charge in [-0.2, -0.15) is 0 Å². The van der Waals surface area contributed by atoms with Crippen LogP contribution in [0.25, 0.3) is 0 Å². The molecule has 4 nitrogen and oxygen atoms in total. The van der Waals surface area contributed by atoms with E-state index in [1.54, 1.807) is 19.9 Å². The van der Waals surface area contributed by atoms with Crippen LogP contribution in [-0.2, 0) is 9.53 Å². The highest BCUT2D eigenvalue weighted by Crippen LogP contribution is 2.20. The molecule has 0 saturated heterocycles. The van der Waals surface area contributed by atoms with Crippen LogP contribution in [-0.4, -0.2) is 24.0 Å². The number of hydrogen-bond donors (Lipinski definition) is 1. The van der Waals surface area contributed by atoms with Crippen molar-refractivity contribution in [2.24, 2.45) is 0 Å². The molecule has 1 aromatic carbocycles. The number of amides is 1. The van der Waals surface area contributed by atoms with Gasteiger partial charge in [-0.3, -0.25) is 9.59 Å². The normalized spacial score (nSPS) is 11.1. The Morgan fingerprint density at radius 1 is 1.30 bits per heavy atom. The van der Waals surface area contributed by atoms with Crippen LogP contribution in [0.5, 0.6) is 0 Å². The zero-order chi connectivity index (χ0) is 15.3. The van der Waals surface area contributed by atoms with Gasteiger partial charge in [0, 0.05) is 5.02 Å². The van der Waals surface area contributed by atoms with E-state index in [0.29, 0.717) is 11.4 Å². The molecule has 0 spiro atoms. The number of hydrogen-bond acceptors (Lipinski definition) is 3. The Hall–Kier alpha value is -1.26. The Kier molecular flexibility index (Phi) is 5.84. The highest BCUT2D eigenvalue weighted by molar-refractivity contribution is 6.35. The van der Waals surface area contributed by atoms with E-state index in [2.05, 4.69) is 5.32 Å². The van der Waals surface area contributed by atoms with Gasteiger partial charge in [0.1, 0.15) is 12.1 Å². The molecule has 110 valence electrons. The molecular weight excluding hydrogens is 301 g/mol. The Morgan fingerprint density at radius 3 is 2.55 bits per heavy atom. The lowest BCUT2D eigenvalue weighted by molar-refractivity contribution is -0.155. The van der Waals surface area contributed by atoms with E-state index in [1.807, 2.05) is 6.92 Å². The molecule has 0 aliphatic carbocycles. The first-order valence-electron chi connectivity index (χ1n) is 6.20. The predicted molar refractivity (Wildman–Crippen MR) is 79.3 cm³/mol. The van der Waals surface area contributed by atoms with Crippen molar-refractivity contribution in [2.45, 2.75) is 32.8 Å². The molecule has 0 unspecified atom stereocenters. The molecule has 0 heterocycles. The third-order valence-corrected chi connectivity index (χ3v) is 3.37. The predicted octanol–water partition coefficient (Wildman–Crippen LogP) is 3.46. The molecule has 0 aliphatic heterocycles. The van der Waals surface area contributed by atoms with Crippen molar-refractivity contribution in [2.75, 3.05) is 6.54 Å². The number of nitrogens with one attached hydrogen (secondary N) is 1. The summed E-state index contributed by atoms with van der Waals surface area (Å²) in [7, 11) is 0. The van der Waals surface area contributed by atoms with Gasteiger partial charge in [0.2, 0.25) is 0 Å². The second-order valence-corrected chi connectivity index (χ2v) is 5.74. The highest BCUT2D eigenvalue weighted by atomic mass is 35.5. The topological polar surface area (TPSA) is 55.4 Å². The minimum Gasteiger partial charge on any atom is -0.458 e. The average Bonchev–Trinajstić information content (AvgIpc) is 2.38. The third-order valence-electron chi connectivity index (χ3n) is 2.81. The number of halogens is 2. The van der Waals surface area contributed by atoms with E-state index in [9.17, 15) is 9.59 Å². The quantitative estimate of drug-likeness (QED) is 0.846. The molecule has 0 aromatic heterocycles. The van der Waals surface area contributed by atoms with E-state index in [-0.39, 0.29) is 17.1 Å². The molecule has 0 aliphatic rings. The summed E-state index contributed by atoms with van der Waals surface area (Å²) in [6.45, 7) is 5.31. The maximum absolute atomic E-state index is 11.9. The fourth-order valence-corrected chi connectivity index (χ4v) is 1.71. The molecule has 20 heavy (non-hydrogen) atoms. The van der Waals surface area contributed by atoms with E-state index < -0.39 is 17.5 Å². The minimum absolute atomic E-state index is 0.217. The SMILES string of the molecule is CCC(C)(C)OC(=O)CNC(=O)c1cc(Cl)ccc1Cl. The number of rotatable bonds is 5. The molecule has 1 aromatic rings. The van der Waals surface area contributed by atoms with Gasteiger partial charge < -0.3 is 10.1 Å². The molecule has 0 saturated carbocycles. The molecular formula is C14H17Cl2NO3. The maximum Gasteiger partial charge on any atom is 0.325 e. The van der Waals surface area contributed by atoms with Gasteiger partial charge in [-0.05, 0) is 38.5 Å². The first-order chi connectivity index (χ1) is 9.25. The van der Waals surface area contributed by atoms with Crippen LogP contribution < -0.4 is 5.32 Å². The van der Waals surface area contributed by atoms with Gasteiger partial charge in [-0.1, -0.05) is 30.1 Å². The monoisotopic (exact) mass is 317 g/mol. The van der Waals surface area contributed by atoms with Crippen LogP contribution in [0, 0.1) is 0 Å². The molecule has 1 amide bonds. The first kappa shape index (κ1) is 16.8. The average molecular weight is 318 g/mol. The summed E-state index contributed by atoms with van der Waals surface area (Å²) in [5.41, 5.74) is -0.322. The molecule has 0 radical (unpaired) electrons. The summed E-state index contributed by atoms with van der Waals surface area (Å²) < 4.78 is 5.21. The van der Waals surface area contributed by atoms with Crippen LogP contribution in [0.3, 0.4) is 0 Å². The van der Waals surface area contributed by atoms with E-state index in [1.165, 1.54) is 12.1 Å². The number of ether oxygens (including phenoxy) is 1. The van der Waals surface area contributed by atoms with Gasteiger partial charge in [0.25, 0.3) is 5.91 Å². The zero-order valence-electron chi connectivity index (χ0n) is 11.6. The van der Waals surface area contributed by atoms with Crippen LogP contribution in [0.1, 0.15) is 37.6 Å². The number of benzene rings is 1. The van der Waals surface area contributed by atoms with Crippen molar-refractivity contribution in [3.8, 4) is 0 Å². The van der Waals surface area contributed by atoms with Crippen molar-refractivity contribution in [3.63, 3.8) is 0 Å². The number of carbonyl (C=O) groups is 2. The van der Waals surface area contributed by atoms with Crippen LogP contribution >= 0.6 is 23.2 Å². The fourth-order valence-electron chi connectivity index (χ4n) is 1.34. The maximum atomic E-state index is 11.9. The summed E-state index contributed by atoms with van der Waals surface area (Å²) >= 11 is 11.7. The standard InChI is InChI=1S/C14H17Cl2NO3/c1-4-14(2,3)20-12(18)8-17-13(19)10-7-9(15)5-6-11(10)16/h5-7H,4,8H2,1-3H3,(H,17,19). The highest BCUT2D eigenvalue weighted by Gasteiger charge is 2.21. The smallest absolute Gasteiger partial charge is 0.325 e. The Labute approximate surface area is 128 Å². The molecule has 6 heteroatoms. The Bertz CT molecular complexity index is 515. The minimum atomic E-state index is -0.546. The molecule has 1 rings (SSSR count). The fraction of sp³-hybridized carbons (Fsp3) is 0.429. The molecule has 0 atom stereocenters. The van der Waals surface area contributed by atoms with Crippen molar-refractivity contribution in [1.82, 2.24) is 5.32 Å². The van der Waals surface area contributed by atoms with Crippen molar-refractivity contribution < 1.29 is 14.3 Å². The third kappa shape index (κ3) is 5.02. The number of esters is 1. The molecule has 1 N–H and O–H groups in total. The first-order valence-corrected chi connectivity index (χ1v) is 6.96.